The van der Waals surface area contributed by atoms with Crippen LogP contribution in [0.5, 0.6) is 0 Å². The van der Waals surface area contributed by atoms with Gasteiger partial charge in [0.15, 0.2) is 0 Å². The van der Waals surface area contributed by atoms with Crippen LogP contribution in [-0.4, -0.2) is 6.04 Å². The Morgan fingerprint density at radius 3 is 2.88 bits per heavy atom. The zero-order chi connectivity index (χ0) is 12.3. The van der Waals surface area contributed by atoms with E-state index in [0.29, 0.717) is 6.04 Å². The van der Waals surface area contributed by atoms with Crippen molar-refractivity contribution in [2.24, 2.45) is 5.92 Å². The van der Waals surface area contributed by atoms with Crippen molar-refractivity contribution in [2.45, 2.75) is 51.6 Å². The van der Waals surface area contributed by atoms with Crippen molar-refractivity contribution in [3.63, 3.8) is 0 Å². The van der Waals surface area contributed by atoms with E-state index in [9.17, 15) is 4.39 Å². The molecule has 1 fully saturated rings. The molecule has 0 amide bonds. The summed E-state index contributed by atoms with van der Waals surface area (Å²) in [5.41, 5.74) is 1.05. The first-order valence-electron chi connectivity index (χ1n) is 6.70. The molecule has 1 aromatic rings. The number of hydrogen-bond acceptors (Lipinski definition) is 1. The molecule has 0 aliphatic heterocycles. The molecule has 1 aliphatic rings. The molecule has 2 rings (SSSR count). The minimum Gasteiger partial charge on any atom is -0.307 e. The summed E-state index contributed by atoms with van der Waals surface area (Å²) >= 11 is 0. The van der Waals surface area contributed by atoms with Crippen LogP contribution in [0, 0.1) is 11.7 Å². The molecule has 3 unspecified atom stereocenters. The molecule has 17 heavy (non-hydrogen) atoms. The Kier molecular flexibility index (Phi) is 4.16. The van der Waals surface area contributed by atoms with E-state index >= 15 is 0 Å². The highest BCUT2D eigenvalue weighted by Gasteiger charge is 2.24. The van der Waals surface area contributed by atoms with Gasteiger partial charge in [0.25, 0.3) is 0 Å². The molecular formula is C15H22FN. The predicted octanol–water partition coefficient (Wildman–Crippen LogP) is 4.06. The van der Waals surface area contributed by atoms with Crippen molar-refractivity contribution in [3.8, 4) is 0 Å². The van der Waals surface area contributed by atoms with Crippen LogP contribution in [0.25, 0.3) is 0 Å². The van der Waals surface area contributed by atoms with Crippen LogP contribution in [0.1, 0.15) is 51.1 Å². The van der Waals surface area contributed by atoms with Crippen LogP contribution in [0.3, 0.4) is 0 Å². The standard InChI is InChI=1S/C15H22FN/c1-3-12-7-8-15(9-12)17-11(2)13-5-4-6-14(16)10-13/h4-6,10-12,15,17H,3,7-9H2,1-2H3. The molecule has 0 spiro atoms. The molecule has 1 aromatic carbocycles. The van der Waals surface area contributed by atoms with Crippen molar-refractivity contribution < 1.29 is 4.39 Å². The highest BCUT2D eigenvalue weighted by molar-refractivity contribution is 5.19. The van der Waals surface area contributed by atoms with E-state index in [0.717, 1.165) is 11.5 Å². The van der Waals surface area contributed by atoms with Gasteiger partial charge >= 0.3 is 0 Å². The Bertz CT molecular complexity index is 364. The third-order valence-corrected chi connectivity index (χ3v) is 3.95. The molecule has 1 N–H and O–H groups in total. The molecule has 1 nitrogen and oxygen atoms in total. The molecular weight excluding hydrogens is 213 g/mol. The molecule has 2 heteroatoms. The molecule has 1 aliphatic carbocycles. The minimum absolute atomic E-state index is 0.144. The van der Waals surface area contributed by atoms with Crippen molar-refractivity contribution in [1.29, 1.82) is 0 Å². The molecule has 1 saturated carbocycles. The fraction of sp³-hybridized carbons (Fsp3) is 0.600. The second-order valence-electron chi connectivity index (χ2n) is 5.23. The van der Waals surface area contributed by atoms with Gasteiger partial charge in [-0.25, -0.2) is 4.39 Å². The maximum atomic E-state index is 13.1. The highest BCUT2D eigenvalue weighted by atomic mass is 19.1. The average molecular weight is 235 g/mol. The molecule has 0 radical (unpaired) electrons. The monoisotopic (exact) mass is 235 g/mol. The quantitative estimate of drug-likeness (QED) is 0.830. The van der Waals surface area contributed by atoms with Crippen LogP contribution in [0.4, 0.5) is 4.39 Å². The smallest absolute Gasteiger partial charge is 0.123 e. The van der Waals surface area contributed by atoms with E-state index in [1.165, 1.54) is 31.7 Å². The van der Waals surface area contributed by atoms with Gasteiger partial charge in [0, 0.05) is 12.1 Å². The molecule has 0 aromatic heterocycles. The van der Waals surface area contributed by atoms with Crippen molar-refractivity contribution in [1.82, 2.24) is 5.32 Å². The summed E-state index contributed by atoms with van der Waals surface area (Å²) in [4.78, 5) is 0. The Hall–Kier alpha value is -0.890. The fourth-order valence-corrected chi connectivity index (χ4v) is 2.82. The lowest BCUT2D eigenvalue weighted by atomic mass is 10.0. The van der Waals surface area contributed by atoms with Crippen LogP contribution in [-0.2, 0) is 0 Å². The van der Waals surface area contributed by atoms with Gasteiger partial charge in [-0.3, -0.25) is 0 Å². The van der Waals surface area contributed by atoms with Crippen molar-refractivity contribution in [2.75, 3.05) is 0 Å². The number of hydrogen-bond donors (Lipinski definition) is 1. The Labute approximate surface area is 103 Å². The van der Waals surface area contributed by atoms with E-state index < -0.39 is 0 Å². The first-order chi connectivity index (χ1) is 8.19. The molecule has 0 saturated heterocycles. The minimum atomic E-state index is -0.144. The van der Waals surface area contributed by atoms with Gasteiger partial charge < -0.3 is 5.32 Å². The first kappa shape index (κ1) is 12.6. The fourth-order valence-electron chi connectivity index (χ4n) is 2.82. The average Bonchev–Trinajstić information content (AvgIpc) is 2.77. The largest absolute Gasteiger partial charge is 0.307 e. The summed E-state index contributed by atoms with van der Waals surface area (Å²) in [5, 5.41) is 3.62. The van der Waals surface area contributed by atoms with Gasteiger partial charge in [0.1, 0.15) is 5.82 Å². The zero-order valence-electron chi connectivity index (χ0n) is 10.7. The number of halogens is 1. The lowest BCUT2D eigenvalue weighted by Gasteiger charge is -2.20. The number of rotatable bonds is 4. The van der Waals surface area contributed by atoms with Gasteiger partial charge in [-0.1, -0.05) is 25.5 Å². The van der Waals surface area contributed by atoms with Crippen LogP contribution in [0.15, 0.2) is 24.3 Å². The third kappa shape index (κ3) is 3.29. The zero-order valence-corrected chi connectivity index (χ0v) is 10.7. The van der Waals surface area contributed by atoms with Crippen LogP contribution < -0.4 is 5.32 Å². The molecule has 0 heterocycles. The SMILES string of the molecule is CCC1CCC(NC(C)c2cccc(F)c2)C1. The first-order valence-corrected chi connectivity index (χ1v) is 6.70. The van der Waals surface area contributed by atoms with E-state index in [1.807, 2.05) is 6.07 Å². The van der Waals surface area contributed by atoms with Gasteiger partial charge in [-0.2, -0.15) is 0 Å². The second-order valence-corrected chi connectivity index (χ2v) is 5.23. The Morgan fingerprint density at radius 2 is 2.24 bits per heavy atom. The summed E-state index contributed by atoms with van der Waals surface area (Å²) in [6, 6.07) is 7.76. The topological polar surface area (TPSA) is 12.0 Å². The van der Waals surface area contributed by atoms with Gasteiger partial charge in [-0.05, 0) is 49.8 Å². The van der Waals surface area contributed by atoms with Gasteiger partial charge in [-0.15, -0.1) is 0 Å². The number of nitrogens with one attached hydrogen (secondary N) is 1. The maximum Gasteiger partial charge on any atom is 0.123 e. The van der Waals surface area contributed by atoms with Crippen LogP contribution >= 0.6 is 0 Å². The maximum absolute atomic E-state index is 13.1. The number of benzene rings is 1. The summed E-state index contributed by atoms with van der Waals surface area (Å²) in [6.07, 6.45) is 5.16. The lowest BCUT2D eigenvalue weighted by Crippen LogP contribution is -2.29. The molecule has 94 valence electrons. The van der Waals surface area contributed by atoms with Crippen molar-refractivity contribution in [3.05, 3.63) is 35.6 Å². The predicted molar refractivity (Wildman–Crippen MR) is 69.4 cm³/mol. The van der Waals surface area contributed by atoms with Crippen LogP contribution in [0.2, 0.25) is 0 Å². The van der Waals surface area contributed by atoms with Crippen molar-refractivity contribution >= 4 is 0 Å². The summed E-state index contributed by atoms with van der Waals surface area (Å²) < 4.78 is 13.1. The molecule has 0 bridgehead atoms. The highest BCUT2D eigenvalue weighted by Crippen LogP contribution is 2.29. The summed E-state index contributed by atoms with van der Waals surface area (Å²) in [6.45, 7) is 4.39. The Balaban J connectivity index is 1.91. The summed E-state index contributed by atoms with van der Waals surface area (Å²) in [7, 11) is 0. The van der Waals surface area contributed by atoms with E-state index in [-0.39, 0.29) is 11.9 Å². The third-order valence-electron chi connectivity index (χ3n) is 3.95. The van der Waals surface area contributed by atoms with Gasteiger partial charge in [0.05, 0.1) is 0 Å². The second kappa shape index (κ2) is 5.63. The lowest BCUT2D eigenvalue weighted by molar-refractivity contribution is 0.436. The van der Waals surface area contributed by atoms with E-state index in [1.54, 1.807) is 12.1 Å². The Morgan fingerprint density at radius 1 is 1.41 bits per heavy atom. The van der Waals surface area contributed by atoms with Gasteiger partial charge in [0.2, 0.25) is 0 Å². The van der Waals surface area contributed by atoms with E-state index in [2.05, 4.69) is 19.2 Å². The summed E-state index contributed by atoms with van der Waals surface area (Å²) in [5.74, 6) is 0.737. The molecule has 3 atom stereocenters. The normalized spacial score (nSPS) is 26.1. The van der Waals surface area contributed by atoms with E-state index in [4.69, 9.17) is 0 Å².